The van der Waals surface area contributed by atoms with Crippen LogP contribution in [0.25, 0.3) is 32.7 Å². The van der Waals surface area contributed by atoms with E-state index in [1.807, 2.05) is 0 Å². The summed E-state index contributed by atoms with van der Waals surface area (Å²) in [5.41, 5.74) is 3.86. The average molecular weight is 268 g/mol. The highest BCUT2D eigenvalue weighted by Crippen LogP contribution is 2.30. The van der Waals surface area contributed by atoms with Crippen molar-refractivity contribution in [3.63, 3.8) is 0 Å². The lowest BCUT2D eigenvalue weighted by atomic mass is 9.96. The van der Waals surface area contributed by atoms with Crippen LogP contribution < -0.4 is 0 Å². The maximum absolute atomic E-state index is 2.31. The van der Waals surface area contributed by atoms with Crippen LogP contribution in [0, 0.1) is 6.92 Å². The Hall–Kier alpha value is -2.60. The number of fused-ring (bicyclic) bond motifs is 3. The molecule has 0 unspecified atom stereocenters. The summed E-state index contributed by atoms with van der Waals surface area (Å²) in [4.78, 5) is 0. The van der Waals surface area contributed by atoms with Gasteiger partial charge in [0.25, 0.3) is 0 Å². The molecule has 0 heteroatoms. The van der Waals surface area contributed by atoms with Crippen LogP contribution in [-0.4, -0.2) is 0 Å². The van der Waals surface area contributed by atoms with Gasteiger partial charge in [0.05, 0.1) is 0 Å². The van der Waals surface area contributed by atoms with Crippen LogP contribution in [-0.2, 0) is 0 Å². The molecule has 4 aromatic carbocycles. The lowest BCUT2D eigenvalue weighted by molar-refractivity contribution is 1.47. The van der Waals surface area contributed by atoms with Gasteiger partial charge in [-0.05, 0) is 45.7 Å². The van der Waals surface area contributed by atoms with Gasteiger partial charge in [0.2, 0.25) is 0 Å². The monoisotopic (exact) mass is 268 g/mol. The largest absolute Gasteiger partial charge is 0.0616 e. The minimum absolute atomic E-state index is 1.28. The Morgan fingerprint density at radius 2 is 1.24 bits per heavy atom. The zero-order valence-corrected chi connectivity index (χ0v) is 12.0. The van der Waals surface area contributed by atoms with E-state index >= 15 is 0 Å². The summed E-state index contributed by atoms with van der Waals surface area (Å²) in [7, 11) is 0. The van der Waals surface area contributed by atoms with Crippen molar-refractivity contribution in [3.05, 3.63) is 84.4 Å². The fraction of sp³-hybridized carbons (Fsp3) is 0.0476. The van der Waals surface area contributed by atoms with Crippen molar-refractivity contribution in [2.75, 3.05) is 0 Å². The molecule has 0 amide bonds. The molecule has 0 saturated carbocycles. The fourth-order valence-corrected chi connectivity index (χ4v) is 3.01. The second-order valence-corrected chi connectivity index (χ2v) is 5.59. The van der Waals surface area contributed by atoms with Crippen molar-refractivity contribution in [2.45, 2.75) is 6.92 Å². The van der Waals surface area contributed by atoms with Gasteiger partial charge in [-0.25, -0.2) is 0 Å². The summed E-state index contributed by atoms with van der Waals surface area (Å²) < 4.78 is 0. The highest BCUT2D eigenvalue weighted by Gasteiger charge is 2.03. The summed E-state index contributed by atoms with van der Waals surface area (Å²) in [6.45, 7) is 2.14. The lowest BCUT2D eigenvalue weighted by Crippen LogP contribution is -1.82. The first-order valence-corrected chi connectivity index (χ1v) is 7.30. The predicted molar refractivity (Wildman–Crippen MR) is 91.6 cm³/mol. The molecule has 0 nitrogen and oxygen atoms in total. The minimum Gasteiger partial charge on any atom is -0.0616 e. The van der Waals surface area contributed by atoms with Gasteiger partial charge in [0, 0.05) is 0 Å². The van der Waals surface area contributed by atoms with Gasteiger partial charge in [-0.3, -0.25) is 0 Å². The van der Waals surface area contributed by atoms with Crippen LogP contribution in [0.1, 0.15) is 5.56 Å². The number of rotatable bonds is 1. The van der Waals surface area contributed by atoms with Gasteiger partial charge in [0.1, 0.15) is 0 Å². The quantitative estimate of drug-likeness (QED) is 0.373. The van der Waals surface area contributed by atoms with E-state index in [-0.39, 0.29) is 0 Å². The van der Waals surface area contributed by atoms with E-state index in [2.05, 4.69) is 85.8 Å². The highest BCUT2D eigenvalue weighted by molar-refractivity contribution is 6.08. The molecule has 0 saturated heterocycles. The van der Waals surface area contributed by atoms with Gasteiger partial charge >= 0.3 is 0 Å². The third-order valence-electron chi connectivity index (χ3n) is 4.10. The number of hydrogen-bond acceptors (Lipinski definition) is 0. The zero-order valence-electron chi connectivity index (χ0n) is 12.0. The lowest BCUT2D eigenvalue weighted by Gasteiger charge is -2.08. The van der Waals surface area contributed by atoms with Gasteiger partial charge in [0.15, 0.2) is 0 Å². The normalized spacial score (nSPS) is 11.1. The number of hydrogen-bond donors (Lipinski definition) is 0. The first-order chi connectivity index (χ1) is 10.3. The fourth-order valence-electron chi connectivity index (χ4n) is 3.01. The third-order valence-corrected chi connectivity index (χ3v) is 4.10. The van der Waals surface area contributed by atoms with Crippen molar-refractivity contribution in [2.24, 2.45) is 0 Å². The van der Waals surface area contributed by atoms with E-state index in [0.29, 0.717) is 0 Å². The average Bonchev–Trinajstić information content (AvgIpc) is 2.54. The van der Waals surface area contributed by atoms with Gasteiger partial charge in [-0.15, -0.1) is 0 Å². The molecule has 0 atom stereocenters. The third kappa shape index (κ3) is 2.09. The Morgan fingerprint density at radius 1 is 0.524 bits per heavy atom. The summed E-state index contributed by atoms with van der Waals surface area (Å²) >= 11 is 0. The molecule has 0 aliphatic rings. The van der Waals surface area contributed by atoms with Crippen LogP contribution in [0.3, 0.4) is 0 Å². The predicted octanol–water partition coefficient (Wildman–Crippen LogP) is 5.97. The Morgan fingerprint density at radius 3 is 2.10 bits per heavy atom. The molecular formula is C21H16. The molecule has 4 aromatic rings. The van der Waals surface area contributed by atoms with E-state index in [1.54, 1.807) is 0 Å². The highest BCUT2D eigenvalue weighted by atomic mass is 14.1. The minimum atomic E-state index is 1.28. The van der Waals surface area contributed by atoms with E-state index < -0.39 is 0 Å². The molecule has 0 N–H and O–H groups in total. The van der Waals surface area contributed by atoms with E-state index in [1.165, 1.54) is 38.2 Å². The van der Waals surface area contributed by atoms with Crippen LogP contribution in [0.15, 0.2) is 78.9 Å². The Kier molecular flexibility index (Phi) is 2.75. The summed E-state index contributed by atoms with van der Waals surface area (Å²) in [5.74, 6) is 0. The molecule has 0 radical (unpaired) electrons. The van der Waals surface area contributed by atoms with Gasteiger partial charge < -0.3 is 0 Å². The molecule has 4 rings (SSSR count). The Bertz CT molecular complexity index is 948. The van der Waals surface area contributed by atoms with Gasteiger partial charge in [-0.2, -0.15) is 0 Å². The maximum atomic E-state index is 2.31. The molecule has 0 heterocycles. The Labute approximate surface area is 124 Å². The van der Waals surface area contributed by atoms with E-state index in [4.69, 9.17) is 0 Å². The summed E-state index contributed by atoms with van der Waals surface area (Å²) in [5, 5.41) is 5.24. The van der Waals surface area contributed by atoms with Crippen LogP contribution in [0.2, 0.25) is 0 Å². The maximum Gasteiger partial charge on any atom is -0.00992 e. The molecule has 0 aromatic heterocycles. The van der Waals surface area contributed by atoms with Crippen molar-refractivity contribution in [1.82, 2.24) is 0 Å². The number of aryl methyl sites for hydroxylation is 1. The van der Waals surface area contributed by atoms with Crippen molar-refractivity contribution < 1.29 is 0 Å². The van der Waals surface area contributed by atoms with Gasteiger partial charge in [-0.1, -0.05) is 78.4 Å². The second kappa shape index (κ2) is 4.75. The molecule has 0 fully saturated rings. The number of benzene rings is 4. The van der Waals surface area contributed by atoms with Crippen molar-refractivity contribution in [3.8, 4) is 11.1 Å². The molecule has 0 spiro atoms. The molecule has 21 heavy (non-hydrogen) atoms. The summed E-state index contributed by atoms with van der Waals surface area (Å²) in [6, 6.07) is 28.4. The molecular weight excluding hydrogens is 252 g/mol. The van der Waals surface area contributed by atoms with Crippen molar-refractivity contribution in [1.29, 1.82) is 0 Å². The van der Waals surface area contributed by atoms with E-state index in [0.717, 1.165) is 0 Å². The van der Waals surface area contributed by atoms with Crippen molar-refractivity contribution >= 4 is 21.5 Å². The molecule has 100 valence electrons. The van der Waals surface area contributed by atoms with E-state index in [9.17, 15) is 0 Å². The SMILES string of the molecule is Cc1cccc(-c2ccc3ccc4ccccc4c3c2)c1. The Balaban J connectivity index is 2.02. The molecule has 0 aliphatic carbocycles. The topological polar surface area (TPSA) is 0 Å². The molecule has 0 aliphatic heterocycles. The van der Waals surface area contributed by atoms with Crippen LogP contribution >= 0.6 is 0 Å². The smallest absolute Gasteiger partial charge is 0.00992 e. The zero-order chi connectivity index (χ0) is 14.2. The first kappa shape index (κ1) is 12.2. The molecule has 0 bridgehead atoms. The second-order valence-electron chi connectivity index (χ2n) is 5.59. The standard InChI is InChI=1S/C21H16/c1-15-5-4-7-18(13-15)19-12-11-17-10-9-16-6-2-3-8-20(16)21(17)14-19/h2-14H,1H3. The first-order valence-electron chi connectivity index (χ1n) is 7.30. The van der Waals surface area contributed by atoms with Crippen LogP contribution in [0.4, 0.5) is 0 Å². The van der Waals surface area contributed by atoms with Crippen LogP contribution in [0.5, 0.6) is 0 Å². The summed E-state index contributed by atoms with van der Waals surface area (Å²) in [6.07, 6.45) is 0.